The fourth-order valence-electron chi connectivity index (χ4n) is 3.27. The smallest absolute Gasteiger partial charge is 0.220 e. The van der Waals surface area contributed by atoms with Crippen LogP contribution >= 0.6 is 11.8 Å². The zero-order valence-corrected chi connectivity index (χ0v) is 16.6. The van der Waals surface area contributed by atoms with Crippen LogP contribution in [0.1, 0.15) is 61.9 Å². The van der Waals surface area contributed by atoms with Gasteiger partial charge in [0.05, 0.1) is 6.10 Å². The van der Waals surface area contributed by atoms with Gasteiger partial charge in [-0.3, -0.25) is 4.79 Å². The Kier molecular flexibility index (Phi) is 8.68. The molecule has 0 radical (unpaired) electrons. The van der Waals surface area contributed by atoms with Crippen molar-refractivity contribution in [3.63, 3.8) is 0 Å². The Morgan fingerprint density at radius 3 is 2.52 bits per heavy atom. The highest BCUT2D eigenvalue weighted by atomic mass is 32.2. The summed E-state index contributed by atoms with van der Waals surface area (Å²) in [6, 6.07) is 0. The Bertz CT molecular complexity index is 537. The molecule has 0 aliphatic heterocycles. The average Bonchev–Trinajstić information content (AvgIpc) is 2.61. The van der Waals surface area contributed by atoms with Crippen molar-refractivity contribution in [3.05, 3.63) is 17.0 Å². The van der Waals surface area contributed by atoms with E-state index in [2.05, 4.69) is 15.3 Å². The molecule has 1 aromatic rings. The van der Waals surface area contributed by atoms with E-state index in [9.17, 15) is 4.79 Å². The largest absolute Gasteiger partial charge is 0.378 e. The molecule has 1 aliphatic carbocycles. The van der Waals surface area contributed by atoms with Crippen molar-refractivity contribution in [3.8, 4) is 0 Å². The number of aryl methyl sites for hydroxylation is 2. The van der Waals surface area contributed by atoms with E-state index in [0.717, 1.165) is 35.1 Å². The Hall–Kier alpha value is -1.14. The molecular formula is C19H31N3O2S. The molecule has 1 aliphatic rings. The number of hydrogen-bond donors (Lipinski definition) is 1. The zero-order valence-electron chi connectivity index (χ0n) is 15.8. The number of nitrogens with one attached hydrogen (secondary N) is 1. The van der Waals surface area contributed by atoms with Gasteiger partial charge in [0.15, 0.2) is 5.16 Å². The second-order valence-corrected chi connectivity index (χ2v) is 7.47. The number of aromatic nitrogens is 2. The second kappa shape index (κ2) is 10.8. The van der Waals surface area contributed by atoms with Gasteiger partial charge in [-0.2, -0.15) is 0 Å². The summed E-state index contributed by atoms with van der Waals surface area (Å²) in [5.74, 6) is 0.0883. The highest BCUT2D eigenvalue weighted by molar-refractivity contribution is 7.98. The van der Waals surface area contributed by atoms with Gasteiger partial charge in [-0.1, -0.05) is 31.0 Å². The molecule has 0 aromatic carbocycles. The Labute approximate surface area is 155 Å². The first-order valence-electron chi connectivity index (χ1n) is 9.36. The van der Waals surface area contributed by atoms with Gasteiger partial charge >= 0.3 is 0 Å². The molecule has 0 spiro atoms. The van der Waals surface area contributed by atoms with E-state index in [1.807, 2.05) is 20.1 Å². The lowest BCUT2D eigenvalue weighted by atomic mass is 9.98. The van der Waals surface area contributed by atoms with Crippen molar-refractivity contribution in [2.45, 2.75) is 76.5 Å². The van der Waals surface area contributed by atoms with Crippen molar-refractivity contribution in [2.75, 3.05) is 19.4 Å². The van der Waals surface area contributed by atoms with Crippen LogP contribution in [0.25, 0.3) is 0 Å². The molecule has 2 rings (SSSR count). The quantitative estimate of drug-likeness (QED) is 0.411. The highest BCUT2D eigenvalue weighted by Crippen LogP contribution is 2.20. The molecule has 6 heteroatoms. The number of nitrogens with zero attached hydrogens (tertiary/aromatic N) is 2. The maximum absolute atomic E-state index is 12.0. The number of thioether (sulfide) groups is 1. The van der Waals surface area contributed by atoms with Gasteiger partial charge in [-0.15, -0.1) is 0 Å². The molecule has 0 atom stereocenters. The fourth-order valence-corrected chi connectivity index (χ4v) is 3.73. The summed E-state index contributed by atoms with van der Waals surface area (Å²) in [4.78, 5) is 21.0. The molecular weight excluding hydrogens is 334 g/mol. The van der Waals surface area contributed by atoms with E-state index in [4.69, 9.17) is 4.74 Å². The minimum Gasteiger partial charge on any atom is -0.378 e. The summed E-state index contributed by atoms with van der Waals surface area (Å²) in [6.07, 6.45) is 10.8. The van der Waals surface area contributed by atoms with E-state index in [0.29, 0.717) is 25.5 Å². The molecule has 1 N–H and O–H groups in total. The van der Waals surface area contributed by atoms with Crippen LogP contribution in [0.15, 0.2) is 5.16 Å². The fraction of sp³-hybridized carbons (Fsp3) is 0.737. The number of carbonyl (C=O) groups is 1. The minimum atomic E-state index is 0.0883. The number of carbonyl (C=O) groups excluding carboxylic acids is 1. The van der Waals surface area contributed by atoms with Crippen LogP contribution in [-0.2, 0) is 16.0 Å². The molecule has 25 heavy (non-hydrogen) atoms. The van der Waals surface area contributed by atoms with E-state index in [1.165, 1.54) is 32.1 Å². The van der Waals surface area contributed by atoms with Crippen molar-refractivity contribution in [2.24, 2.45) is 0 Å². The van der Waals surface area contributed by atoms with Gasteiger partial charge < -0.3 is 10.1 Å². The molecule has 1 saturated carbocycles. The van der Waals surface area contributed by atoms with Gasteiger partial charge in [0.2, 0.25) is 5.91 Å². The molecule has 140 valence electrons. The highest BCUT2D eigenvalue weighted by Gasteiger charge is 2.13. The zero-order chi connectivity index (χ0) is 18.1. The van der Waals surface area contributed by atoms with Crippen LogP contribution in [0, 0.1) is 13.8 Å². The number of ether oxygens (including phenoxy) is 1. The SMILES string of the molecule is CSc1nc(C)c(CCC(=O)NCCCOC2CCCCC2)c(C)n1. The summed E-state index contributed by atoms with van der Waals surface area (Å²) >= 11 is 1.54. The van der Waals surface area contributed by atoms with Crippen LogP contribution in [0.5, 0.6) is 0 Å². The van der Waals surface area contributed by atoms with Gasteiger partial charge in [0.1, 0.15) is 0 Å². The summed E-state index contributed by atoms with van der Waals surface area (Å²) < 4.78 is 5.88. The van der Waals surface area contributed by atoms with E-state index >= 15 is 0 Å². The summed E-state index contributed by atoms with van der Waals surface area (Å²) in [6.45, 7) is 5.41. The summed E-state index contributed by atoms with van der Waals surface area (Å²) in [5, 5.41) is 3.78. The van der Waals surface area contributed by atoms with Crippen LogP contribution in [0.3, 0.4) is 0 Å². The first kappa shape index (κ1) is 20.2. The average molecular weight is 366 g/mol. The normalized spacial score (nSPS) is 15.3. The van der Waals surface area contributed by atoms with E-state index in [1.54, 1.807) is 11.8 Å². The lowest BCUT2D eigenvalue weighted by molar-refractivity contribution is -0.121. The first-order chi connectivity index (χ1) is 12.1. The Balaban J connectivity index is 1.62. The number of amides is 1. The van der Waals surface area contributed by atoms with Gasteiger partial charge in [-0.05, 0) is 51.3 Å². The van der Waals surface area contributed by atoms with Crippen LogP contribution in [0.4, 0.5) is 0 Å². The summed E-state index contributed by atoms with van der Waals surface area (Å²) in [7, 11) is 0. The van der Waals surface area contributed by atoms with Crippen molar-refractivity contribution in [1.29, 1.82) is 0 Å². The number of rotatable bonds is 9. The third kappa shape index (κ3) is 6.94. The maximum atomic E-state index is 12.0. The monoisotopic (exact) mass is 365 g/mol. The standard InChI is InChI=1S/C19H31N3O2S/c1-14-17(15(2)22-19(21-14)25-3)10-11-18(23)20-12-7-13-24-16-8-5-4-6-9-16/h16H,4-13H2,1-3H3,(H,20,23). The van der Waals surface area contributed by atoms with E-state index in [-0.39, 0.29) is 5.91 Å². The lowest BCUT2D eigenvalue weighted by Crippen LogP contribution is -2.26. The number of hydrogen-bond acceptors (Lipinski definition) is 5. The van der Waals surface area contributed by atoms with Crippen LogP contribution in [-0.4, -0.2) is 41.4 Å². The Morgan fingerprint density at radius 2 is 1.88 bits per heavy atom. The summed E-state index contributed by atoms with van der Waals surface area (Å²) in [5.41, 5.74) is 3.05. The van der Waals surface area contributed by atoms with Crippen molar-refractivity contribution >= 4 is 17.7 Å². The van der Waals surface area contributed by atoms with Crippen molar-refractivity contribution < 1.29 is 9.53 Å². The van der Waals surface area contributed by atoms with Gasteiger partial charge in [-0.25, -0.2) is 9.97 Å². The molecule has 1 amide bonds. The molecule has 1 heterocycles. The molecule has 5 nitrogen and oxygen atoms in total. The molecule has 1 aromatic heterocycles. The third-order valence-corrected chi connectivity index (χ3v) is 5.28. The third-order valence-electron chi connectivity index (χ3n) is 4.73. The molecule has 0 unspecified atom stereocenters. The van der Waals surface area contributed by atoms with Crippen LogP contribution < -0.4 is 5.32 Å². The minimum absolute atomic E-state index is 0.0883. The van der Waals surface area contributed by atoms with Gasteiger partial charge in [0, 0.05) is 31.0 Å². The molecule has 0 bridgehead atoms. The van der Waals surface area contributed by atoms with Gasteiger partial charge in [0.25, 0.3) is 0 Å². The molecule has 1 fully saturated rings. The predicted molar refractivity (Wildman–Crippen MR) is 102 cm³/mol. The molecule has 0 saturated heterocycles. The lowest BCUT2D eigenvalue weighted by Gasteiger charge is -2.21. The predicted octanol–water partition coefficient (Wildman–Crippen LogP) is 3.60. The van der Waals surface area contributed by atoms with E-state index < -0.39 is 0 Å². The van der Waals surface area contributed by atoms with Crippen LogP contribution in [0.2, 0.25) is 0 Å². The van der Waals surface area contributed by atoms with Crippen molar-refractivity contribution in [1.82, 2.24) is 15.3 Å². The maximum Gasteiger partial charge on any atom is 0.220 e. The second-order valence-electron chi connectivity index (χ2n) is 6.69. The first-order valence-corrected chi connectivity index (χ1v) is 10.6. The topological polar surface area (TPSA) is 64.1 Å². The Morgan fingerprint density at radius 1 is 1.20 bits per heavy atom.